The first-order chi connectivity index (χ1) is 15.3. The zero-order chi connectivity index (χ0) is 21.0. The minimum absolute atomic E-state index is 0.226. The van der Waals surface area contributed by atoms with Gasteiger partial charge in [-0.25, -0.2) is 4.98 Å². The molecule has 0 bridgehead atoms. The molecule has 0 saturated heterocycles. The van der Waals surface area contributed by atoms with E-state index in [-0.39, 0.29) is 11.6 Å². The third-order valence-electron chi connectivity index (χ3n) is 4.74. The highest BCUT2D eigenvalue weighted by molar-refractivity contribution is 7.13. The zero-order valence-electron chi connectivity index (χ0n) is 16.4. The number of hydrogen-bond donors (Lipinski definition) is 1. The van der Waals surface area contributed by atoms with Crippen LogP contribution in [0, 0.1) is 0 Å². The monoisotopic (exact) mass is 423 g/mol. The number of amides is 1. The number of rotatable bonds is 5. The number of aromatic nitrogens is 2. The predicted octanol–water partition coefficient (Wildman–Crippen LogP) is 6.38. The Balaban J connectivity index is 1.34. The molecule has 0 aliphatic rings. The van der Waals surface area contributed by atoms with Crippen LogP contribution in [0.15, 0.2) is 101 Å². The maximum Gasteiger partial charge on any atom is 0.277 e. The Bertz CT molecular complexity index is 1330. The minimum atomic E-state index is -0.327. The fraction of sp³-hybridized carbons (Fsp3) is 0. The molecule has 150 valence electrons. The van der Waals surface area contributed by atoms with Crippen LogP contribution in [0.1, 0.15) is 10.5 Å². The summed E-state index contributed by atoms with van der Waals surface area (Å²) in [5.74, 6) is 0.224. The van der Waals surface area contributed by atoms with Gasteiger partial charge in [-0.1, -0.05) is 78.0 Å². The molecule has 5 nitrogen and oxygen atoms in total. The summed E-state index contributed by atoms with van der Waals surface area (Å²) in [7, 11) is 0. The second-order valence-electron chi connectivity index (χ2n) is 6.88. The average Bonchev–Trinajstić information content (AvgIpc) is 3.51. The van der Waals surface area contributed by atoms with Gasteiger partial charge in [-0.2, -0.15) is 0 Å². The van der Waals surface area contributed by atoms with Gasteiger partial charge in [-0.3, -0.25) is 4.79 Å². The van der Waals surface area contributed by atoms with Crippen LogP contribution in [-0.2, 0) is 0 Å². The summed E-state index contributed by atoms with van der Waals surface area (Å²) in [6, 6.07) is 28.9. The number of hydrogen-bond acceptors (Lipinski definition) is 5. The van der Waals surface area contributed by atoms with E-state index in [1.54, 1.807) is 17.4 Å². The van der Waals surface area contributed by atoms with Crippen LogP contribution in [0.5, 0.6) is 0 Å². The maximum absolute atomic E-state index is 12.6. The summed E-state index contributed by atoms with van der Waals surface area (Å²) in [4.78, 5) is 17.4. The molecule has 5 aromatic rings. The van der Waals surface area contributed by atoms with Crippen molar-refractivity contribution in [2.24, 2.45) is 0 Å². The van der Waals surface area contributed by atoms with Gasteiger partial charge in [-0.15, -0.1) is 11.3 Å². The van der Waals surface area contributed by atoms with Crippen molar-refractivity contribution in [3.63, 3.8) is 0 Å². The lowest BCUT2D eigenvalue weighted by Gasteiger charge is -2.04. The maximum atomic E-state index is 12.6. The first-order valence-electron chi connectivity index (χ1n) is 9.71. The first kappa shape index (κ1) is 19.0. The highest BCUT2D eigenvalue weighted by Gasteiger charge is 2.14. The van der Waals surface area contributed by atoms with E-state index < -0.39 is 0 Å². The summed E-state index contributed by atoms with van der Waals surface area (Å²) >= 11 is 1.59. The number of nitrogens with one attached hydrogen (secondary N) is 1. The molecule has 0 spiro atoms. The van der Waals surface area contributed by atoms with E-state index in [9.17, 15) is 4.79 Å². The Hall–Kier alpha value is -4.03. The molecular weight excluding hydrogens is 406 g/mol. The highest BCUT2D eigenvalue weighted by Crippen LogP contribution is 2.30. The molecule has 5 rings (SSSR count). The molecular formula is C25H17N3O2S. The summed E-state index contributed by atoms with van der Waals surface area (Å²) in [5.41, 5.74) is 4.65. The van der Waals surface area contributed by atoms with E-state index in [4.69, 9.17) is 9.51 Å². The highest BCUT2D eigenvalue weighted by atomic mass is 32.1. The molecule has 6 heteroatoms. The smallest absolute Gasteiger partial charge is 0.277 e. The molecule has 0 atom stereocenters. The van der Waals surface area contributed by atoms with Gasteiger partial charge in [0.05, 0.1) is 5.69 Å². The van der Waals surface area contributed by atoms with Gasteiger partial charge in [0.2, 0.25) is 0 Å². The van der Waals surface area contributed by atoms with E-state index in [0.717, 1.165) is 27.4 Å². The molecule has 0 aliphatic carbocycles. The number of nitrogens with zero attached hydrogens (tertiary/aromatic N) is 2. The Kier molecular flexibility index (Phi) is 5.12. The quantitative estimate of drug-likeness (QED) is 0.356. The lowest BCUT2D eigenvalue weighted by atomic mass is 10.1. The standard InChI is InChI=1S/C25H17N3O2S/c29-24(21-15-23(30-28-21)17-8-3-1-4-9-17)26-20-13-7-12-19(14-20)22-16-31-25(27-22)18-10-5-2-6-11-18/h1-16H,(H,26,29). The second-order valence-corrected chi connectivity index (χ2v) is 7.74. The molecule has 0 aliphatic heterocycles. The Morgan fingerprint density at radius 2 is 1.52 bits per heavy atom. The van der Waals surface area contributed by atoms with Crippen LogP contribution < -0.4 is 5.32 Å². The Morgan fingerprint density at radius 1 is 0.806 bits per heavy atom. The third-order valence-corrected chi connectivity index (χ3v) is 5.63. The largest absolute Gasteiger partial charge is 0.355 e. The molecule has 2 heterocycles. The van der Waals surface area contributed by atoms with Crippen molar-refractivity contribution in [2.75, 3.05) is 5.32 Å². The number of benzene rings is 3. The van der Waals surface area contributed by atoms with Crippen LogP contribution in [0.4, 0.5) is 5.69 Å². The average molecular weight is 423 g/mol. The fourth-order valence-electron chi connectivity index (χ4n) is 3.19. The van der Waals surface area contributed by atoms with E-state index in [1.165, 1.54) is 0 Å². The van der Waals surface area contributed by atoms with E-state index in [1.807, 2.05) is 90.3 Å². The van der Waals surface area contributed by atoms with Crippen molar-refractivity contribution in [3.8, 4) is 33.2 Å². The van der Waals surface area contributed by atoms with Crippen molar-refractivity contribution >= 4 is 22.9 Å². The summed E-state index contributed by atoms with van der Waals surface area (Å²) in [6.45, 7) is 0. The van der Waals surface area contributed by atoms with Crippen molar-refractivity contribution in [2.45, 2.75) is 0 Å². The van der Waals surface area contributed by atoms with Crippen molar-refractivity contribution < 1.29 is 9.32 Å². The number of anilines is 1. The lowest BCUT2D eigenvalue weighted by Crippen LogP contribution is -2.12. The van der Waals surface area contributed by atoms with Crippen LogP contribution in [0.2, 0.25) is 0 Å². The van der Waals surface area contributed by atoms with Gasteiger partial charge >= 0.3 is 0 Å². The van der Waals surface area contributed by atoms with Gasteiger partial charge < -0.3 is 9.84 Å². The molecule has 1 amide bonds. The molecule has 2 aromatic heterocycles. The summed E-state index contributed by atoms with van der Waals surface area (Å²) in [5, 5.41) is 9.77. The SMILES string of the molecule is O=C(Nc1cccc(-c2csc(-c3ccccc3)n2)c1)c1cc(-c2ccccc2)on1. The van der Waals surface area contributed by atoms with Gasteiger partial charge in [0.25, 0.3) is 5.91 Å². The molecule has 3 aromatic carbocycles. The number of carbonyl (C=O) groups is 1. The van der Waals surface area contributed by atoms with Crippen molar-refractivity contribution in [1.29, 1.82) is 0 Å². The van der Waals surface area contributed by atoms with Gasteiger partial charge in [-0.05, 0) is 12.1 Å². The van der Waals surface area contributed by atoms with Crippen LogP contribution in [0.3, 0.4) is 0 Å². The van der Waals surface area contributed by atoms with Crippen molar-refractivity contribution in [1.82, 2.24) is 10.1 Å². The Morgan fingerprint density at radius 3 is 2.29 bits per heavy atom. The number of thiazole rings is 1. The fourth-order valence-corrected chi connectivity index (χ4v) is 4.03. The van der Waals surface area contributed by atoms with E-state index in [0.29, 0.717) is 11.4 Å². The van der Waals surface area contributed by atoms with Gasteiger partial charge in [0.15, 0.2) is 11.5 Å². The Labute approximate surface area is 183 Å². The summed E-state index contributed by atoms with van der Waals surface area (Å²) < 4.78 is 5.33. The molecule has 0 radical (unpaired) electrons. The first-order valence-corrected chi connectivity index (χ1v) is 10.6. The van der Waals surface area contributed by atoms with Crippen LogP contribution in [-0.4, -0.2) is 16.0 Å². The molecule has 0 saturated carbocycles. The molecule has 0 unspecified atom stereocenters. The molecule has 0 fully saturated rings. The van der Waals surface area contributed by atoms with E-state index >= 15 is 0 Å². The molecule has 31 heavy (non-hydrogen) atoms. The third kappa shape index (κ3) is 4.15. The topological polar surface area (TPSA) is 68.0 Å². The number of carbonyl (C=O) groups excluding carboxylic acids is 1. The van der Waals surface area contributed by atoms with E-state index in [2.05, 4.69) is 10.5 Å². The predicted molar refractivity (Wildman–Crippen MR) is 123 cm³/mol. The minimum Gasteiger partial charge on any atom is -0.355 e. The second kappa shape index (κ2) is 8.38. The normalized spacial score (nSPS) is 10.7. The van der Waals surface area contributed by atoms with Crippen LogP contribution in [0.25, 0.3) is 33.2 Å². The van der Waals surface area contributed by atoms with Crippen LogP contribution >= 0.6 is 11.3 Å². The van der Waals surface area contributed by atoms with Crippen molar-refractivity contribution in [3.05, 3.63) is 102 Å². The summed E-state index contributed by atoms with van der Waals surface area (Å²) in [6.07, 6.45) is 0. The van der Waals surface area contributed by atoms with Gasteiger partial charge in [0, 0.05) is 33.8 Å². The molecule has 1 N–H and O–H groups in total. The zero-order valence-corrected chi connectivity index (χ0v) is 17.2. The lowest BCUT2D eigenvalue weighted by molar-refractivity contribution is 0.101. The van der Waals surface area contributed by atoms with Gasteiger partial charge in [0.1, 0.15) is 5.01 Å².